The van der Waals surface area contributed by atoms with Gasteiger partial charge < -0.3 is 10.3 Å². The Balaban J connectivity index is 1.92. The Morgan fingerprint density at radius 3 is 2.48 bits per heavy atom. The quantitative estimate of drug-likeness (QED) is 0.447. The molecule has 0 aliphatic rings. The maximum Gasteiger partial charge on any atom is 0.266 e. The van der Waals surface area contributed by atoms with E-state index in [9.17, 15) is 4.79 Å². The minimum atomic E-state index is -0.145. The number of carbonyl (C=O) groups excluding carboxylic acids is 1. The molecule has 0 aliphatic carbocycles. The fourth-order valence-corrected chi connectivity index (χ4v) is 3.81. The van der Waals surface area contributed by atoms with Crippen LogP contribution in [0.3, 0.4) is 0 Å². The summed E-state index contributed by atoms with van der Waals surface area (Å²) < 4.78 is 0.724. The first-order chi connectivity index (χ1) is 12.2. The van der Waals surface area contributed by atoms with Crippen LogP contribution >= 0.6 is 23.6 Å². The van der Waals surface area contributed by atoms with E-state index in [2.05, 4.69) is 10.3 Å². The van der Waals surface area contributed by atoms with Gasteiger partial charge in [0.2, 0.25) is 0 Å². The number of thiophene rings is 1. The van der Waals surface area contributed by atoms with Crippen molar-refractivity contribution in [2.24, 2.45) is 0 Å². The summed E-state index contributed by atoms with van der Waals surface area (Å²) in [6, 6.07) is 21.4. The Morgan fingerprint density at radius 2 is 1.72 bits per heavy atom. The van der Waals surface area contributed by atoms with Crippen molar-refractivity contribution < 1.29 is 4.79 Å². The molecular weight excluding hydrogens is 348 g/mol. The second-order valence-corrected chi connectivity index (χ2v) is 6.90. The van der Waals surface area contributed by atoms with Crippen molar-refractivity contribution in [2.75, 3.05) is 5.32 Å². The van der Waals surface area contributed by atoms with Crippen LogP contribution in [0.4, 0.5) is 5.82 Å². The summed E-state index contributed by atoms with van der Waals surface area (Å²) >= 11 is 7.16. The van der Waals surface area contributed by atoms with E-state index in [1.54, 1.807) is 6.07 Å². The van der Waals surface area contributed by atoms with Crippen LogP contribution in [0.25, 0.3) is 22.0 Å². The highest BCUT2D eigenvalue weighted by Gasteiger charge is 2.15. The molecule has 1 amide bonds. The highest BCUT2D eigenvalue weighted by atomic mass is 32.1. The zero-order valence-electron chi connectivity index (χ0n) is 13.2. The monoisotopic (exact) mass is 362 g/mol. The first kappa shape index (κ1) is 15.7. The zero-order chi connectivity index (χ0) is 17.2. The lowest BCUT2D eigenvalue weighted by molar-refractivity contribution is 0.103. The van der Waals surface area contributed by atoms with E-state index in [1.807, 2.05) is 66.0 Å². The van der Waals surface area contributed by atoms with Gasteiger partial charge in [0.05, 0.1) is 9.39 Å². The molecule has 0 fully saturated rings. The molecule has 122 valence electrons. The third-order valence-electron chi connectivity index (χ3n) is 3.95. The van der Waals surface area contributed by atoms with Gasteiger partial charge in [-0.05, 0) is 23.1 Å². The molecule has 0 unspecified atom stereocenters. The van der Waals surface area contributed by atoms with Gasteiger partial charge in [-0.1, -0.05) is 66.8 Å². The predicted molar refractivity (Wildman–Crippen MR) is 107 cm³/mol. The Morgan fingerprint density at radius 1 is 0.960 bits per heavy atom. The second-order valence-electron chi connectivity index (χ2n) is 5.55. The number of pyridine rings is 1. The number of fused-ring (bicyclic) bond motifs is 1. The number of aromatic amines is 1. The number of hydrogen-bond acceptors (Lipinski definition) is 3. The molecule has 0 atom stereocenters. The first-order valence-electron chi connectivity index (χ1n) is 7.79. The summed E-state index contributed by atoms with van der Waals surface area (Å²) in [6.07, 6.45) is 0. The number of carbonyl (C=O) groups is 1. The fraction of sp³-hybridized carbons (Fsp3) is 0. The number of H-pyrrole nitrogens is 1. The van der Waals surface area contributed by atoms with Crippen LogP contribution in [0.1, 0.15) is 9.67 Å². The van der Waals surface area contributed by atoms with Crippen molar-refractivity contribution in [3.63, 3.8) is 0 Å². The summed E-state index contributed by atoms with van der Waals surface area (Å²) in [5.41, 5.74) is 2.70. The lowest BCUT2D eigenvalue weighted by atomic mass is 10.0. The van der Waals surface area contributed by atoms with Crippen molar-refractivity contribution in [3.8, 4) is 11.1 Å². The van der Waals surface area contributed by atoms with Gasteiger partial charge in [0.25, 0.3) is 5.91 Å². The third-order valence-corrected chi connectivity index (χ3v) is 5.25. The van der Waals surface area contributed by atoms with E-state index in [4.69, 9.17) is 12.2 Å². The van der Waals surface area contributed by atoms with Gasteiger partial charge in [0.15, 0.2) is 0 Å². The number of para-hydroxylation sites is 1. The molecule has 0 saturated heterocycles. The number of benzene rings is 2. The average Bonchev–Trinajstić information content (AvgIpc) is 3.18. The summed E-state index contributed by atoms with van der Waals surface area (Å²) in [5.74, 6) is 0.474. The van der Waals surface area contributed by atoms with Gasteiger partial charge in [-0.15, -0.1) is 11.3 Å². The lowest BCUT2D eigenvalue weighted by Gasteiger charge is -2.14. The molecule has 0 aliphatic heterocycles. The maximum absolute atomic E-state index is 12.6. The molecular formula is C20H14N2OS2. The van der Waals surface area contributed by atoms with E-state index < -0.39 is 0 Å². The topological polar surface area (TPSA) is 44.9 Å². The van der Waals surface area contributed by atoms with Crippen molar-refractivity contribution >= 4 is 46.2 Å². The van der Waals surface area contributed by atoms with Crippen LogP contribution < -0.4 is 5.32 Å². The highest BCUT2D eigenvalue weighted by molar-refractivity contribution is 7.71. The van der Waals surface area contributed by atoms with Gasteiger partial charge in [-0.25, -0.2) is 0 Å². The van der Waals surface area contributed by atoms with E-state index in [0.717, 1.165) is 26.5 Å². The molecule has 0 radical (unpaired) electrons. The summed E-state index contributed by atoms with van der Waals surface area (Å²) in [5, 5.41) is 5.84. The number of hydrogen-bond donors (Lipinski definition) is 2. The van der Waals surface area contributed by atoms with Crippen molar-refractivity contribution in [1.82, 2.24) is 4.98 Å². The summed E-state index contributed by atoms with van der Waals surface area (Å²) in [4.78, 5) is 16.5. The third kappa shape index (κ3) is 2.99. The standard InChI is InChI=1S/C20H14N2OS2/c23-20(16-11-6-12-25-16)22-19-17(13-7-2-1-3-8-13)18(24)14-9-4-5-10-15(14)21-19/h1-12H,(H2,21,22,23,24). The van der Waals surface area contributed by atoms with E-state index in [0.29, 0.717) is 10.7 Å². The van der Waals surface area contributed by atoms with Crippen LogP contribution in [0.2, 0.25) is 0 Å². The van der Waals surface area contributed by atoms with Crippen molar-refractivity contribution in [1.29, 1.82) is 0 Å². The Labute approximate surface area is 154 Å². The minimum absolute atomic E-state index is 0.145. The first-order valence-corrected chi connectivity index (χ1v) is 9.08. The number of amides is 1. The van der Waals surface area contributed by atoms with Gasteiger partial charge in [0.1, 0.15) is 5.82 Å². The summed E-state index contributed by atoms with van der Waals surface area (Å²) in [6.45, 7) is 0. The molecule has 0 bridgehead atoms. The zero-order valence-corrected chi connectivity index (χ0v) is 14.8. The van der Waals surface area contributed by atoms with E-state index in [-0.39, 0.29) is 5.91 Å². The molecule has 0 spiro atoms. The van der Waals surface area contributed by atoms with Crippen molar-refractivity contribution in [2.45, 2.75) is 0 Å². The molecule has 0 saturated carbocycles. The smallest absolute Gasteiger partial charge is 0.266 e. The van der Waals surface area contributed by atoms with Crippen molar-refractivity contribution in [3.05, 3.63) is 81.5 Å². The number of anilines is 1. The maximum atomic E-state index is 12.6. The number of aromatic nitrogens is 1. The number of rotatable bonds is 3. The fourth-order valence-electron chi connectivity index (χ4n) is 2.79. The van der Waals surface area contributed by atoms with Crippen LogP contribution in [0.15, 0.2) is 72.1 Å². The molecule has 2 heterocycles. The average molecular weight is 362 g/mol. The predicted octanol–water partition coefficient (Wildman–Crippen LogP) is 5.88. The molecule has 25 heavy (non-hydrogen) atoms. The lowest BCUT2D eigenvalue weighted by Crippen LogP contribution is -2.12. The van der Waals surface area contributed by atoms with Gasteiger partial charge in [-0.3, -0.25) is 4.79 Å². The largest absolute Gasteiger partial charge is 0.341 e. The van der Waals surface area contributed by atoms with E-state index in [1.165, 1.54) is 11.3 Å². The normalized spacial score (nSPS) is 10.7. The minimum Gasteiger partial charge on any atom is -0.341 e. The molecule has 4 aromatic rings. The summed E-state index contributed by atoms with van der Waals surface area (Å²) in [7, 11) is 0. The number of nitrogens with one attached hydrogen (secondary N) is 2. The Kier molecular flexibility index (Phi) is 4.17. The Hall–Kier alpha value is -2.76. The van der Waals surface area contributed by atoms with Crippen LogP contribution in [-0.4, -0.2) is 10.9 Å². The van der Waals surface area contributed by atoms with Crippen LogP contribution in [0, 0.1) is 4.51 Å². The highest BCUT2D eigenvalue weighted by Crippen LogP contribution is 2.32. The van der Waals surface area contributed by atoms with Gasteiger partial charge >= 0.3 is 0 Å². The molecule has 4 rings (SSSR count). The van der Waals surface area contributed by atoms with Gasteiger partial charge in [0, 0.05) is 16.5 Å². The molecule has 2 aromatic carbocycles. The molecule has 3 nitrogen and oxygen atoms in total. The Bertz CT molecular complexity index is 1100. The molecule has 2 aromatic heterocycles. The van der Waals surface area contributed by atoms with Crippen LogP contribution in [-0.2, 0) is 0 Å². The van der Waals surface area contributed by atoms with Crippen LogP contribution in [0.5, 0.6) is 0 Å². The molecule has 2 N–H and O–H groups in total. The second kappa shape index (κ2) is 6.63. The SMILES string of the molecule is O=C(Nc1[nH]c2ccccc2c(=S)c1-c1ccccc1)c1cccs1. The van der Waals surface area contributed by atoms with Gasteiger partial charge in [-0.2, -0.15) is 0 Å². The van der Waals surface area contributed by atoms with E-state index >= 15 is 0 Å². The molecule has 5 heteroatoms.